The van der Waals surface area contributed by atoms with Gasteiger partial charge in [-0.05, 0) is 30.5 Å². The van der Waals surface area contributed by atoms with Gasteiger partial charge < -0.3 is 10.1 Å². The van der Waals surface area contributed by atoms with Crippen LogP contribution >= 0.6 is 0 Å². The average molecular weight is 239 g/mol. The number of rotatable bonds is 8. The van der Waals surface area contributed by atoms with Crippen molar-refractivity contribution in [2.75, 3.05) is 26.3 Å². The first-order valence-corrected chi connectivity index (χ1v) is 6.22. The van der Waals surface area contributed by atoms with Crippen LogP contribution in [0.5, 0.6) is 0 Å². The zero-order valence-electron chi connectivity index (χ0n) is 10.7. The highest BCUT2D eigenvalue weighted by Gasteiger charge is 1.99. The van der Waals surface area contributed by atoms with Crippen molar-refractivity contribution in [3.63, 3.8) is 0 Å². The van der Waals surface area contributed by atoms with Crippen LogP contribution in [-0.4, -0.2) is 26.3 Å². The molecular weight excluding hydrogens is 217 g/mol. The van der Waals surface area contributed by atoms with Crippen molar-refractivity contribution in [1.29, 1.82) is 0 Å². The average Bonchev–Trinajstić information content (AvgIpc) is 2.30. The molecule has 0 spiro atoms. The lowest BCUT2D eigenvalue weighted by Gasteiger charge is -2.08. The maximum absolute atomic E-state index is 13.3. The van der Waals surface area contributed by atoms with Gasteiger partial charge in [0.25, 0.3) is 0 Å². The Morgan fingerprint density at radius 1 is 1.24 bits per heavy atom. The summed E-state index contributed by atoms with van der Waals surface area (Å²) in [6, 6.07) is 6.91. The van der Waals surface area contributed by atoms with Crippen molar-refractivity contribution in [3.05, 3.63) is 35.6 Å². The van der Waals surface area contributed by atoms with Crippen LogP contribution in [0.4, 0.5) is 4.39 Å². The van der Waals surface area contributed by atoms with Crippen LogP contribution in [0.15, 0.2) is 24.3 Å². The van der Waals surface area contributed by atoms with Crippen LogP contribution in [0.2, 0.25) is 0 Å². The third kappa shape index (κ3) is 6.39. The van der Waals surface area contributed by atoms with Gasteiger partial charge in [0.15, 0.2) is 0 Å². The van der Waals surface area contributed by atoms with Gasteiger partial charge in [-0.1, -0.05) is 32.0 Å². The molecule has 0 fully saturated rings. The second kappa shape index (κ2) is 8.20. The van der Waals surface area contributed by atoms with E-state index in [0.717, 1.165) is 38.3 Å². The number of ether oxygens (including phenoxy) is 1. The summed E-state index contributed by atoms with van der Waals surface area (Å²) < 4.78 is 18.7. The molecule has 1 aromatic carbocycles. The summed E-state index contributed by atoms with van der Waals surface area (Å²) in [5, 5.41) is 3.24. The molecule has 0 unspecified atom stereocenters. The summed E-state index contributed by atoms with van der Waals surface area (Å²) in [6.45, 7) is 7.38. The van der Waals surface area contributed by atoms with Gasteiger partial charge in [-0.3, -0.25) is 0 Å². The van der Waals surface area contributed by atoms with Gasteiger partial charge in [-0.2, -0.15) is 0 Å². The van der Waals surface area contributed by atoms with E-state index in [1.807, 2.05) is 12.1 Å². The predicted molar refractivity (Wildman–Crippen MR) is 68.6 cm³/mol. The topological polar surface area (TPSA) is 21.3 Å². The van der Waals surface area contributed by atoms with Gasteiger partial charge in [0.2, 0.25) is 0 Å². The molecule has 1 N–H and O–H groups in total. The van der Waals surface area contributed by atoms with Crippen molar-refractivity contribution < 1.29 is 9.13 Å². The minimum absolute atomic E-state index is 0.120. The first-order chi connectivity index (χ1) is 8.20. The number of hydrogen-bond acceptors (Lipinski definition) is 2. The van der Waals surface area contributed by atoms with E-state index in [4.69, 9.17) is 4.74 Å². The molecule has 17 heavy (non-hydrogen) atoms. The second-order valence-electron chi connectivity index (χ2n) is 4.56. The second-order valence-corrected chi connectivity index (χ2v) is 4.56. The third-order valence-electron chi connectivity index (χ3n) is 2.40. The van der Waals surface area contributed by atoms with E-state index in [1.165, 1.54) is 6.07 Å². The molecule has 96 valence electrons. The van der Waals surface area contributed by atoms with Gasteiger partial charge in [-0.15, -0.1) is 0 Å². The minimum atomic E-state index is -0.120. The van der Waals surface area contributed by atoms with Crippen LogP contribution in [-0.2, 0) is 11.2 Å². The molecule has 0 aliphatic carbocycles. The van der Waals surface area contributed by atoms with E-state index < -0.39 is 0 Å². The highest BCUT2D eigenvalue weighted by molar-refractivity contribution is 5.17. The number of nitrogens with one attached hydrogen (secondary N) is 1. The number of hydrogen-bond donors (Lipinski definition) is 1. The first kappa shape index (κ1) is 14.1. The Kier molecular flexibility index (Phi) is 6.82. The monoisotopic (exact) mass is 239 g/mol. The quantitative estimate of drug-likeness (QED) is 0.704. The summed E-state index contributed by atoms with van der Waals surface area (Å²) in [5.74, 6) is 0.457. The smallest absolute Gasteiger partial charge is 0.126 e. The molecule has 0 radical (unpaired) electrons. The summed E-state index contributed by atoms with van der Waals surface area (Å²) >= 11 is 0. The van der Waals surface area contributed by atoms with Crippen molar-refractivity contribution in [2.24, 2.45) is 5.92 Å². The highest BCUT2D eigenvalue weighted by atomic mass is 19.1. The Hall–Kier alpha value is -0.930. The van der Waals surface area contributed by atoms with Crippen molar-refractivity contribution >= 4 is 0 Å². The van der Waals surface area contributed by atoms with E-state index in [2.05, 4.69) is 19.2 Å². The van der Waals surface area contributed by atoms with Gasteiger partial charge in [-0.25, -0.2) is 4.39 Å². The van der Waals surface area contributed by atoms with E-state index in [0.29, 0.717) is 5.92 Å². The molecule has 0 aliphatic heterocycles. The third-order valence-corrected chi connectivity index (χ3v) is 2.40. The molecule has 0 heterocycles. The zero-order valence-corrected chi connectivity index (χ0v) is 10.7. The molecule has 0 aliphatic rings. The maximum atomic E-state index is 13.3. The molecule has 2 nitrogen and oxygen atoms in total. The summed E-state index contributed by atoms with van der Waals surface area (Å²) in [6.07, 6.45) is 0.719. The Morgan fingerprint density at radius 2 is 2.00 bits per heavy atom. The van der Waals surface area contributed by atoms with E-state index in [1.54, 1.807) is 6.07 Å². The number of halogens is 1. The van der Waals surface area contributed by atoms with Crippen LogP contribution in [0.25, 0.3) is 0 Å². The summed E-state index contributed by atoms with van der Waals surface area (Å²) in [7, 11) is 0. The molecule has 0 saturated heterocycles. The van der Waals surface area contributed by atoms with Gasteiger partial charge in [0, 0.05) is 13.2 Å². The normalized spacial score (nSPS) is 11.1. The van der Waals surface area contributed by atoms with E-state index in [-0.39, 0.29) is 5.82 Å². The molecule has 0 saturated carbocycles. The van der Waals surface area contributed by atoms with Crippen molar-refractivity contribution in [1.82, 2.24) is 5.32 Å². The fourth-order valence-corrected chi connectivity index (χ4v) is 1.51. The molecule has 0 bridgehead atoms. The molecule has 1 rings (SSSR count). The Labute approximate surface area is 103 Å². The Balaban J connectivity index is 2.03. The molecule has 0 aromatic heterocycles. The van der Waals surface area contributed by atoms with E-state index in [9.17, 15) is 4.39 Å². The number of benzene rings is 1. The summed E-state index contributed by atoms with van der Waals surface area (Å²) in [5.41, 5.74) is 0.767. The summed E-state index contributed by atoms with van der Waals surface area (Å²) in [4.78, 5) is 0. The largest absolute Gasteiger partial charge is 0.380 e. The lowest BCUT2D eigenvalue weighted by Crippen LogP contribution is -2.23. The Morgan fingerprint density at radius 3 is 2.71 bits per heavy atom. The molecule has 3 heteroatoms. The lowest BCUT2D eigenvalue weighted by molar-refractivity contribution is 0.112. The van der Waals surface area contributed by atoms with Crippen LogP contribution < -0.4 is 5.32 Å². The van der Waals surface area contributed by atoms with Crippen molar-refractivity contribution in [2.45, 2.75) is 20.3 Å². The standard InChI is InChI=1S/C14H22FNO/c1-12(2)11-17-10-9-16-8-7-13-5-3-4-6-14(13)15/h3-6,12,16H,7-11H2,1-2H3. The van der Waals surface area contributed by atoms with Crippen LogP contribution in [0, 0.1) is 11.7 Å². The van der Waals surface area contributed by atoms with Gasteiger partial charge in [0.1, 0.15) is 5.82 Å². The predicted octanol–water partition coefficient (Wildman–Crippen LogP) is 2.63. The van der Waals surface area contributed by atoms with Gasteiger partial charge in [0.05, 0.1) is 6.61 Å². The molecule has 0 atom stereocenters. The van der Waals surface area contributed by atoms with Crippen molar-refractivity contribution in [3.8, 4) is 0 Å². The maximum Gasteiger partial charge on any atom is 0.126 e. The van der Waals surface area contributed by atoms with Gasteiger partial charge >= 0.3 is 0 Å². The minimum Gasteiger partial charge on any atom is -0.380 e. The zero-order chi connectivity index (χ0) is 12.5. The highest BCUT2D eigenvalue weighted by Crippen LogP contribution is 2.05. The van der Waals surface area contributed by atoms with E-state index >= 15 is 0 Å². The first-order valence-electron chi connectivity index (χ1n) is 6.22. The lowest BCUT2D eigenvalue weighted by atomic mass is 10.1. The molecule has 0 amide bonds. The fourth-order valence-electron chi connectivity index (χ4n) is 1.51. The SMILES string of the molecule is CC(C)COCCNCCc1ccccc1F. The molecular formula is C14H22FNO. The fraction of sp³-hybridized carbons (Fsp3) is 0.571. The Bertz CT molecular complexity index is 315. The molecule has 1 aromatic rings. The van der Waals surface area contributed by atoms with Crippen LogP contribution in [0.1, 0.15) is 19.4 Å². The van der Waals surface area contributed by atoms with Crippen LogP contribution in [0.3, 0.4) is 0 Å².